The van der Waals surface area contributed by atoms with Crippen LogP contribution >= 0.6 is 11.8 Å². The summed E-state index contributed by atoms with van der Waals surface area (Å²) in [6, 6.07) is 7.66. The van der Waals surface area contributed by atoms with E-state index in [2.05, 4.69) is 15.0 Å². The molecule has 4 nitrogen and oxygen atoms in total. The Morgan fingerprint density at radius 2 is 1.88 bits per heavy atom. The van der Waals surface area contributed by atoms with Crippen molar-refractivity contribution >= 4 is 22.9 Å². The summed E-state index contributed by atoms with van der Waals surface area (Å²) < 4.78 is 5.63. The molecule has 0 unspecified atom stereocenters. The largest absolute Gasteiger partial charge is 0.436 e. The second-order valence-corrected chi connectivity index (χ2v) is 4.22. The van der Waals surface area contributed by atoms with E-state index in [0.29, 0.717) is 5.89 Å². The molecule has 0 aliphatic carbocycles. The van der Waals surface area contributed by atoms with Crippen molar-refractivity contribution in [1.82, 2.24) is 15.0 Å². The molecular weight excluding hydrogens is 234 g/mol. The maximum absolute atomic E-state index is 5.63. The minimum Gasteiger partial charge on any atom is -0.436 e. The number of nitrogens with zero attached hydrogens (tertiary/aromatic N) is 3. The van der Waals surface area contributed by atoms with Gasteiger partial charge in [0.25, 0.3) is 0 Å². The van der Waals surface area contributed by atoms with Crippen molar-refractivity contribution in [1.29, 1.82) is 0 Å². The van der Waals surface area contributed by atoms with Gasteiger partial charge in [-0.3, -0.25) is 0 Å². The molecular formula is C12H9N3OS. The van der Waals surface area contributed by atoms with E-state index >= 15 is 0 Å². The van der Waals surface area contributed by atoms with Crippen LogP contribution in [-0.2, 0) is 0 Å². The first-order valence-electron chi connectivity index (χ1n) is 5.09. The summed E-state index contributed by atoms with van der Waals surface area (Å²) >= 11 is 1.50. The lowest BCUT2D eigenvalue weighted by atomic mass is 10.3. The molecule has 2 aromatic heterocycles. The Hall–Kier alpha value is -1.88. The van der Waals surface area contributed by atoms with E-state index in [0.717, 1.165) is 21.8 Å². The number of benzene rings is 1. The predicted molar refractivity (Wildman–Crippen MR) is 66.8 cm³/mol. The molecule has 3 aromatic rings. The van der Waals surface area contributed by atoms with E-state index < -0.39 is 0 Å². The number of fused-ring (bicyclic) bond motifs is 1. The Morgan fingerprint density at radius 3 is 2.59 bits per heavy atom. The van der Waals surface area contributed by atoms with Crippen LogP contribution in [0.1, 0.15) is 0 Å². The number of para-hydroxylation sites is 2. The average Bonchev–Trinajstić information content (AvgIpc) is 2.82. The highest BCUT2D eigenvalue weighted by atomic mass is 32.2. The van der Waals surface area contributed by atoms with Crippen LogP contribution in [0.5, 0.6) is 0 Å². The summed E-state index contributed by atoms with van der Waals surface area (Å²) in [6.45, 7) is 0. The van der Waals surface area contributed by atoms with Crippen LogP contribution in [0.2, 0.25) is 0 Å². The van der Waals surface area contributed by atoms with Gasteiger partial charge >= 0.3 is 0 Å². The lowest BCUT2D eigenvalue weighted by Crippen LogP contribution is -1.86. The summed E-state index contributed by atoms with van der Waals surface area (Å²) in [4.78, 5) is 12.8. The van der Waals surface area contributed by atoms with E-state index in [1.807, 2.05) is 30.5 Å². The van der Waals surface area contributed by atoms with Gasteiger partial charge in [-0.2, -0.15) is 0 Å². The van der Waals surface area contributed by atoms with E-state index in [4.69, 9.17) is 4.42 Å². The molecule has 0 saturated heterocycles. The smallest absolute Gasteiger partial charge is 0.230 e. The Morgan fingerprint density at radius 1 is 1.12 bits per heavy atom. The SMILES string of the molecule is CSc1ncc(-c2nc3ccccc3o2)cn1. The maximum atomic E-state index is 5.63. The van der Waals surface area contributed by atoms with Gasteiger partial charge in [0.15, 0.2) is 10.7 Å². The Bertz CT molecular complexity index is 615. The molecule has 0 amide bonds. The predicted octanol–water partition coefficient (Wildman–Crippen LogP) is 3.01. The van der Waals surface area contributed by atoms with Crippen LogP contribution in [0.3, 0.4) is 0 Å². The van der Waals surface area contributed by atoms with Crippen molar-refractivity contribution in [2.24, 2.45) is 0 Å². The molecule has 3 rings (SSSR count). The number of hydrogen-bond acceptors (Lipinski definition) is 5. The Labute approximate surface area is 102 Å². The van der Waals surface area contributed by atoms with Crippen LogP contribution in [0.25, 0.3) is 22.6 Å². The third-order valence-electron chi connectivity index (χ3n) is 2.35. The first-order chi connectivity index (χ1) is 8.36. The standard InChI is InChI=1S/C12H9N3OS/c1-17-12-13-6-8(7-14-12)11-15-9-4-2-3-5-10(9)16-11/h2-7H,1H3. The third kappa shape index (κ3) is 1.89. The van der Waals surface area contributed by atoms with Crippen LogP contribution in [0.4, 0.5) is 0 Å². The zero-order valence-electron chi connectivity index (χ0n) is 9.12. The van der Waals surface area contributed by atoms with Gasteiger partial charge in [0.05, 0.1) is 5.56 Å². The lowest BCUT2D eigenvalue weighted by molar-refractivity contribution is 0.618. The second-order valence-electron chi connectivity index (χ2n) is 3.45. The van der Waals surface area contributed by atoms with Crippen LogP contribution in [0, 0.1) is 0 Å². The first-order valence-corrected chi connectivity index (χ1v) is 6.31. The van der Waals surface area contributed by atoms with Crippen molar-refractivity contribution in [2.75, 3.05) is 6.26 Å². The summed E-state index contributed by atoms with van der Waals surface area (Å²) in [7, 11) is 0. The summed E-state index contributed by atoms with van der Waals surface area (Å²) in [5, 5.41) is 0.741. The van der Waals surface area contributed by atoms with E-state index in [1.165, 1.54) is 11.8 Å². The van der Waals surface area contributed by atoms with Gasteiger partial charge in [0.2, 0.25) is 5.89 Å². The second kappa shape index (κ2) is 4.18. The van der Waals surface area contributed by atoms with Gasteiger partial charge < -0.3 is 4.42 Å². The van der Waals surface area contributed by atoms with Crippen LogP contribution in [-0.4, -0.2) is 21.2 Å². The normalized spacial score (nSPS) is 10.9. The van der Waals surface area contributed by atoms with E-state index in [-0.39, 0.29) is 0 Å². The third-order valence-corrected chi connectivity index (χ3v) is 2.93. The molecule has 0 bridgehead atoms. The van der Waals surface area contributed by atoms with Gasteiger partial charge in [-0.05, 0) is 18.4 Å². The van der Waals surface area contributed by atoms with E-state index in [1.54, 1.807) is 12.4 Å². The molecule has 1 aromatic carbocycles. The van der Waals surface area contributed by atoms with Gasteiger partial charge in [0, 0.05) is 12.4 Å². The summed E-state index contributed by atoms with van der Waals surface area (Å²) in [5.41, 5.74) is 2.41. The zero-order valence-corrected chi connectivity index (χ0v) is 9.94. The van der Waals surface area contributed by atoms with Crippen molar-refractivity contribution in [3.05, 3.63) is 36.7 Å². The number of hydrogen-bond donors (Lipinski definition) is 0. The number of aromatic nitrogens is 3. The number of thioether (sulfide) groups is 1. The maximum Gasteiger partial charge on any atom is 0.230 e. The summed E-state index contributed by atoms with van der Waals surface area (Å²) in [6.07, 6.45) is 5.39. The highest BCUT2D eigenvalue weighted by molar-refractivity contribution is 7.98. The van der Waals surface area contributed by atoms with Crippen molar-refractivity contribution in [3.63, 3.8) is 0 Å². The highest BCUT2D eigenvalue weighted by Crippen LogP contribution is 2.23. The van der Waals surface area contributed by atoms with Gasteiger partial charge in [-0.15, -0.1) is 0 Å². The van der Waals surface area contributed by atoms with Gasteiger partial charge in [-0.1, -0.05) is 23.9 Å². The van der Waals surface area contributed by atoms with Crippen molar-refractivity contribution in [2.45, 2.75) is 5.16 Å². The molecule has 0 N–H and O–H groups in total. The number of rotatable bonds is 2. The monoisotopic (exact) mass is 243 g/mol. The topological polar surface area (TPSA) is 51.8 Å². The highest BCUT2D eigenvalue weighted by Gasteiger charge is 2.08. The van der Waals surface area contributed by atoms with Gasteiger partial charge in [0.1, 0.15) is 5.52 Å². The van der Waals surface area contributed by atoms with Crippen LogP contribution in [0.15, 0.2) is 46.2 Å². The molecule has 0 spiro atoms. The first kappa shape index (κ1) is 10.3. The summed E-state index contributed by atoms with van der Waals surface area (Å²) in [5.74, 6) is 0.554. The molecule has 17 heavy (non-hydrogen) atoms. The molecule has 0 aliphatic heterocycles. The average molecular weight is 243 g/mol. The minimum atomic E-state index is 0.554. The quantitative estimate of drug-likeness (QED) is 0.511. The fourth-order valence-electron chi connectivity index (χ4n) is 1.53. The van der Waals surface area contributed by atoms with Crippen molar-refractivity contribution in [3.8, 4) is 11.5 Å². The molecule has 0 radical (unpaired) electrons. The molecule has 0 aliphatic rings. The van der Waals surface area contributed by atoms with Gasteiger partial charge in [-0.25, -0.2) is 15.0 Å². The van der Waals surface area contributed by atoms with E-state index in [9.17, 15) is 0 Å². The molecule has 84 valence electrons. The Kier molecular flexibility index (Phi) is 2.53. The Balaban J connectivity index is 2.07. The molecule has 2 heterocycles. The zero-order chi connectivity index (χ0) is 11.7. The van der Waals surface area contributed by atoms with Crippen LogP contribution < -0.4 is 0 Å². The van der Waals surface area contributed by atoms with Crippen molar-refractivity contribution < 1.29 is 4.42 Å². The fourth-order valence-corrected chi connectivity index (χ4v) is 1.84. The molecule has 0 saturated carbocycles. The lowest BCUT2D eigenvalue weighted by Gasteiger charge is -1.95. The minimum absolute atomic E-state index is 0.554. The molecule has 5 heteroatoms. The fraction of sp³-hybridized carbons (Fsp3) is 0.0833. The number of oxazole rings is 1. The molecule has 0 fully saturated rings. The molecule has 0 atom stereocenters.